The molecule has 0 bridgehead atoms. The third-order valence-corrected chi connectivity index (χ3v) is 5.41. The lowest BCUT2D eigenvalue weighted by Gasteiger charge is -2.18. The smallest absolute Gasteiger partial charge is 0.258 e. The van der Waals surface area contributed by atoms with Gasteiger partial charge in [0.2, 0.25) is 0 Å². The Morgan fingerprint density at radius 2 is 1.77 bits per heavy atom. The van der Waals surface area contributed by atoms with E-state index < -0.39 is 0 Å². The minimum atomic E-state index is -0.222. The van der Waals surface area contributed by atoms with Crippen LogP contribution in [-0.4, -0.2) is 59.0 Å². The maximum atomic E-state index is 12.3. The van der Waals surface area contributed by atoms with E-state index in [2.05, 4.69) is 15.6 Å². The van der Waals surface area contributed by atoms with Gasteiger partial charge in [-0.2, -0.15) is 0 Å². The quantitative estimate of drug-likeness (QED) is 0.672. The molecular weight excluding hydrogens is 384 g/mol. The number of hydrogen-bond acceptors (Lipinski definition) is 6. The second-order valence-electron chi connectivity index (χ2n) is 7.39. The summed E-state index contributed by atoms with van der Waals surface area (Å²) >= 11 is 0. The van der Waals surface area contributed by atoms with Gasteiger partial charge in [0.05, 0.1) is 25.5 Å². The van der Waals surface area contributed by atoms with Crippen molar-refractivity contribution >= 4 is 5.91 Å². The fraction of sp³-hybridized carbons (Fsp3) is 0.318. The average Bonchev–Trinajstić information content (AvgIpc) is 3.51. The first kappa shape index (κ1) is 18.8. The fourth-order valence-corrected chi connectivity index (χ4v) is 3.92. The zero-order valence-electron chi connectivity index (χ0n) is 16.3. The van der Waals surface area contributed by atoms with Crippen molar-refractivity contribution in [3.63, 3.8) is 0 Å². The zero-order valence-corrected chi connectivity index (χ0v) is 16.3. The van der Waals surface area contributed by atoms with Crippen LogP contribution in [0.3, 0.4) is 0 Å². The predicted octanol–water partition coefficient (Wildman–Crippen LogP) is 1.85. The summed E-state index contributed by atoms with van der Waals surface area (Å²) in [6.45, 7) is 0.799. The SMILES string of the molecule is O=C(COc1ccccc1)N[C@H]1CO[C@H]2[C@@H]1OC[C@@H]2n1cc(-c2ccccc2)nn1. The molecule has 0 spiro atoms. The summed E-state index contributed by atoms with van der Waals surface area (Å²) in [6, 6.07) is 18.9. The third-order valence-electron chi connectivity index (χ3n) is 5.41. The number of nitrogens with one attached hydrogen (secondary N) is 1. The zero-order chi connectivity index (χ0) is 20.3. The minimum absolute atomic E-state index is 0.0508. The van der Waals surface area contributed by atoms with E-state index in [9.17, 15) is 4.79 Å². The molecule has 3 heterocycles. The Morgan fingerprint density at radius 1 is 1.03 bits per heavy atom. The van der Waals surface area contributed by atoms with Crippen LogP contribution in [0.15, 0.2) is 66.9 Å². The molecule has 1 N–H and O–H groups in total. The first-order chi connectivity index (χ1) is 14.8. The van der Waals surface area contributed by atoms with E-state index in [0.29, 0.717) is 19.0 Å². The normalized spacial score (nSPS) is 25.1. The average molecular weight is 406 g/mol. The summed E-state index contributed by atoms with van der Waals surface area (Å²) in [5.74, 6) is 0.457. The molecule has 2 aromatic carbocycles. The van der Waals surface area contributed by atoms with E-state index >= 15 is 0 Å². The minimum Gasteiger partial charge on any atom is -0.484 e. The van der Waals surface area contributed by atoms with Gasteiger partial charge in [-0.05, 0) is 12.1 Å². The highest BCUT2D eigenvalue weighted by atomic mass is 16.6. The van der Waals surface area contributed by atoms with Gasteiger partial charge in [0, 0.05) is 5.56 Å². The molecule has 2 aliphatic heterocycles. The lowest BCUT2D eigenvalue weighted by Crippen LogP contribution is -2.45. The van der Waals surface area contributed by atoms with E-state index in [1.165, 1.54) is 0 Å². The summed E-state index contributed by atoms with van der Waals surface area (Å²) in [7, 11) is 0. The molecule has 0 unspecified atom stereocenters. The van der Waals surface area contributed by atoms with Crippen molar-refractivity contribution < 1.29 is 19.0 Å². The van der Waals surface area contributed by atoms with Crippen LogP contribution >= 0.6 is 0 Å². The monoisotopic (exact) mass is 406 g/mol. The Bertz CT molecular complexity index is 995. The molecule has 5 rings (SSSR count). The first-order valence-corrected chi connectivity index (χ1v) is 9.95. The summed E-state index contributed by atoms with van der Waals surface area (Å²) in [6.07, 6.45) is 1.50. The van der Waals surface area contributed by atoms with Crippen LogP contribution in [-0.2, 0) is 14.3 Å². The number of carbonyl (C=O) groups excluding carboxylic acids is 1. The highest BCUT2D eigenvalue weighted by molar-refractivity contribution is 5.78. The number of hydrogen-bond donors (Lipinski definition) is 1. The predicted molar refractivity (Wildman–Crippen MR) is 108 cm³/mol. The number of para-hydroxylation sites is 1. The van der Waals surface area contributed by atoms with Crippen molar-refractivity contribution in [3.8, 4) is 17.0 Å². The molecule has 2 saturated heterocycles. The molecule has 0 radical (unpaired) electrons. The van der Waals surface area contributed by atoms with Gasteiger partial charge in [0.15, 0.2) is 6.61 Å². The summed E-state index contributed by atoms with van der Waals surface area (Å²) in [5.41, 5.74) is 1.81. The Kier molecular flexibility index (Phi) is 5.17. The number of aromatic nitrogens is 3. The highest BCUT2D eigenvalue weighted by Crippen LogP contribution is 2.34. The van der Waals surface area contributed by atoms with Gasteiger partial charge in [-0.3, -0.25) is 4.79 Å². The molecule has 30 heavy (non-hydrogen) atoms. The molecular formula is C22H22N4O4. The Labute approximate surface area is 173 Å². The van der Waals surface area contributed by atoms with Gasteiger partial charge < -0.3 is 19.5 Å². The van der Waals surface area contributed by atoms with Gasteiger partial charge in [-0.1, -0.05) is 53.7 Å². The third kappa shape index (κ3) is 3.79. The lowest BCUT2D eigenvalue weighted by molar-refractivity contribution is -0.124. The van der Waals surface area contributed by atoms with Crippen molar-refractivity contribution in [1.29, 1.82) is 0 Å². The van der Waals surface area contributed by atoms with E-state index in [4.69, 9.17) is 14.2 Å². The molecule has 2 fully saturated rings. The van der Waals surface area contributed by atoms with Crippen molar-refractivity contribution in [2.45, 2.75) is 24.3 Å². The van der Waals surface area contributed by atoms with E-state index in [-0.39, 0.29) is 36.8 Å². The van der Waals surface area contributed by atoms with E-state index in [1.807, 2.05) is 66.9 Å². The highest BCUT2D eigenvalue weighted by Gasteiger charge is 2.49. The largest absolute Gasteiger partial charge is 0.484 e. The van der Waals surface area contributed by atoms with E-state index in [0.717, 1.165) is 11.3 Å². The van der Waals surface area contributed by atoms with Gasteiger partial charge in [0.1, 0.15) is 29.7 Å². The Morgan fingerprint density at radius 3 is 2.57 bits per heavy atom. The Balaban J connectivity index is 1.19. The maximum Gasteiger partial charge on any atom is 0.258 e. The summed E-state index contributed by atoms with van der Waals surface area (Å²) in [4.78, 5) is 12.3. The number of rotatable bonds is 6. The second kappa shape index (κ2) is 8.25. The molecule has 2 aliphatic rings. The number of ether oxygens (including phenoxy) is 3. The first-order valence-electron chi connectivity index (χ1n) is 9.95. The number of carbonyl (C=O) groups is 1. The molecule has 8 nitrogen and oxygen atoms in total. The molecule has 8 heteroatoms. The van der Waals surface area contributed by atoms with Crippen LogP contribution in [0.4, 0.5) is 0 Å². The van der Waals surface area contributed by atoms with Crippen LogP contribution in [0.25, 0.3) is 11.3 Å². The van der Waals surface area contributed by atoms with Crippen molar-refractivity contribution in [2.24, 2.45) is 0 Å². The lowest BCUT2D eigenvalue weighted by atomic mass is 10.1. The van der Waals surface area contributed by atoms with Crippen molar-refractivity contribution in [2.75, 3.05) is 19.8 Å². The number of nitrogens with zero attached hydrogens (tertiary/aromatic N) is 3. The van der Waals surface area contributed by atoms with E-state index in [1.54, 1.807) is 4.68 Å². The second-order valence-corrected chi connectivity index (χ2v) is 7.39. The molecule has 3 aromatic rings. The molecule has 1 amide bonds. The van der Waals surface area contributed by atoms with Gasteiger partial charge >= 0.3 is 0 Å². The molecule has 0 aliphatic carbocycles. The summed E-state index contributed by atoms with van der Waals surface area (Å²) in [5, 5.41) is 11.5. The fourth-order valence-electron chi connectivity index (χ4n) is 3.92. The molecule has 154 valence electrons. The standard InChI is InChI=1S/C22H22N4O4/c27-20(14-28-16-9-5-2-6-10-16)23-18-12-29-22-19(13-30-21(18)22)26-11-17(24-25-26)15-7-3-1-4-8-15/h1-11,18-19,21-22H,12-14H2,(H,23,27)/t18-,19-,21+,22+/m0/s1. The van der Waals surface area contributed by atoms with Crippen LogP contribution in [0, 0.1) is 0 Å². The molecule has 4 atom stereocenters. The maximum absolute atomic E-state index is 12.3. The summed E-state index contributed by atoms with van der Waals surface area (Å²) < 4.78 is 19.2. The molecule has 1 aromatic heterocycles. The number of benzene rings is 2. The number of fused-ring (bicyclic) bond motifs is 1. The van der Waals surface area contributed by atoms with Gasteiger partial charge in [0.25, 0.3) is 5.91 Å². The van der Waals surface area contributed by atoms with Crippen molar-refractivity contribution in [1.82, 2.24) is 20.3 Å². The van der Waals surface area contributed by atoms with Crippen LogP contribution in [0.2, 0.25) is 0 Å². The van der Waals surface area contributed by atoms with Gasteiger partial charge in [-0.25, -0.2) is 4.68 Å². The van der Waals surface area contributed by atoms with Crippen LogP contribution < -0.4 is 10.1 Å². The van der Waals surface area contributed by atoms with Gasteiger partial charge in [-0.15, -0.1) is 5.10 Å². The topological polar surface area (TPSA) is 87.5 Å². The number of amides is 1. The Hall–Kier alpha value is -3.23. The molecule has 0 saturated carbocycles. The van der Waals surface area contributed by atoms with Crippen molar-refractivity contribution in [3.05, 3.63) is 66.9 Å². The van der Waals surface area contributed by atoms with Crippen LogP contribution in [0.5, 0.6) is 5.75 Å². The van der Waals surface area contributed by atoms with Crippen LogP contribution in [0.1, 0.15) is 6.04 Å².